The lowest BCUT2D eigenvalue weighted by atomic mass is 10.2. The largest absolute Gasteiger partial charge is 0.462 e. The van der Waals surface area contributed by atoms with E-state index < -0.39 is 11.8 Å². The zero-order chi connectivity index (χ0) is 15.4. The van der Waals surface area contributed by atoms with Gasteiger partial charge in [0.1, 0.15) is 11.4 Å². The topological polar surface area (TPSA) is 56.1 Å². The number of benzene rings is 1. The maximum absolute atomic E-state index is 13.1. The number of carbonyl (C=O) groups is 1. The Morgan fingerprint density at radius 2 is 2.29 bits per heavy atom. The Labute approximate surface area is 126 Å². The molecule has 7 heteroatoms. The molecule has 2 aromatic rings. The second-order valence-electron chi connectivity index (χ2n) is 4.33. The van der Waals surface area contributed by atoms with E-state index in [2.05, 4.69) is 10.4 Å². The Morgan fingerprint density at radius 1 is 1.52 bits per heavy atom. The minimum atomic E-state index is -0.477. The first-order valence-corrected chi connectivity index (χ1v) is 6.77. The van der Waals surface area contributed by atoms with E-state index in [0.29, 0.717) is 30.1 Å². The molecule has 0 bridgehead atoms. The van der Waals surface area contributed by atoms with E-state index >= 15 is 0 Å². The number of halogens is 2. The van der Waals surface area contributed by atoms with E-state index in [1.807, 2.05) is 0 Å². The molecule has 0 saturated heterocycles. The Bertz CT molecular complexity index is 658. The van der Waals surface area contributed by atoms with E-state index in [9.17, 15) is 9.18 Å². The van der Waals surface area contributed by atoms with E-state index in [1.54, 1.807) is 24.7 Å². The van der Waals surface area contributed by atoms with Crippen molar-refractivity contribution in [2.45, 2.75) is 13.5 Å². The molecule has 21 heavy (non-hydrogen) atoms. The van der Waals surface area contributed by atoms with Crippen molar-refractivity contribution >= 4 is 23.3 Å². The number of carbonyl (C=O) groups excluding carboxylic acids is 1. The van der Waals surface area contributed by atoms with Crippen LogP contribution in [0.4, 0.5) is 10.1 Å². The van der Waals surface area contributed by atoms with Crippen LogP contribution in [-0.4, -0.2) is 22.4 Å². The van der Waals surface area contributed by atoms with Crippen molar-refractivity contribution < 1.29 is 13.9 Å². The van der Waals surface area contributed by atoms with Crippen molar-refractivity contribution in [3.8, 4) is 0 Å². The second kappa shape index (κ2) is 6.58. The van der Waals surface area contributed by atoms with Crippen molar-refractivity contribution in [3.63, 3.8) is 0 Å². The Morgan fingerprint density at radius 3 is 2.95 bits per heavy atom. The summed E-state index contributed by atoms with van der Waals surface area (Å²) in [7, 11) is 1.73. The molecule has 0 amide bonds. The smallest absolute Gasteiger partial charge is 0.341 e. The summed E-state index contributed by atoms with van der Waals surface area (Å²) in [6.07, 6.45) is 1.46. The molecule has 0 fully saturated rings. The number of hydrogen-bond acceptors (Lipinski definition) is 4. The van der Waals surface area contributed by atoms with Gasteiger partial charge in [-0.1, -0.05) is 11.6 Å². The van der Waals surface area contributed by atoms with E-state index in [0.717, 1.165) is 0 Å². The average molecular weight is 312 g/mol. The fourth-order valence-electron chi connectivity index (χ4n) is 1.84. The Kier molecular flexibility index (Phi) is 4.80. The highest BCUT2D eigenvalue weighted by molar-refractivity contribution is 6.31. The van der Waals surface area contributed by atoms with Gasteiger partial charge < -0.3 is 10.1 Å². The van der Waals surface area contributed by atoms with Crippen LogP contribution in [0.2, 0.25) is 5.02 Å². The molecule has 112 valence electrons. The first-order chi connectivity index (χ1) is 10.0. The fourth-order valence-corrected chi connectivity index (χ4v) is 2.02. The van der Waals surface area contributed by atoms with Crippen LogP contribution in [0.15, 0.2) is 24.4 Å². The summed E-state index contributed by atoms with van der Waals surface area (Å²) in [6.45, 7) is 2.38. The third kappa shape index (κ3) is 3.52. The molecule has 0 aliphatic heterocycles. The summed E-state index contributed by atoms with van der Waals surface area (Å²) in [4.78, 5) is 11.8. The quantitative estimate of drug-likeness (QED) is 0.862. The van der Waals surface area contributed by atoms with Gasteiger partial charge in [0.25, 0.3) is 0 Å². The van der Waals surface area contributed by atoms with E-state index in [-0.39, 0.29) is 5.02 Å². The molecule has 0 aliphatic rings. The molecule has 0 radical (unpaired) electrons. The van der Waals surface area contributed by atoms with Crippen LogP contribution in [0, 0.1) is 5.82 Å². The molecule has 0 saturated carbocycles. The van der Waals surface area contributed by atoms with E-state index in [1.165, 1.54) is 18.3 Å². The third-order valence-corrected chi connectivity index (χ3v) is 3.23. The summed E-state index contributed by atoms with van der Waals surface area (Å²) in [5, 5.41) is 7.16. The van der Waals surface area contributed by atoms with Gasteiger partial charge in [0.05, 0.1) is 30.1 Å². The van der Waals surface area contributed by atoms with Gasteiger partial charge in [0.2, 0.25) is 0 Å². The number of esters is 1. The number of nitrogens with zero attached hydrogens (tertiary/aromatic N) is 2. The number of aromatic nitrogens is 2. The SMILES string of the molecule is CCOC(=O)c1cnn(C)c1CNc1ccc(F)c(Cl)c1. The number of rotatable bonds is 5. The highest BCUT2D eigenvalue weighted by atomic mass is 35.5. The van der Waals surface area contributed by atoms with Gasteiger partial charge in [0.15, 0.2) is 0 Å². The van der Waals surface area contributed by atoms with Crippen LogP contribution in [-0.2, 0) is 18.3 Å². The van der Waals surface area contributed by atoms with Crippen LogP contribution in [0.1, 0.15) is 23.0 Å². The van der Waals surface area contributed by atoms with Crippen molar-refractivity contribution in [3.05, 3.63) is 46.5 Å². The number of aryl methyl sites for hydroxylation is 1. The lowest BCUT2D eigenvalue weighted by Crippen LogP contribution is -2.12. The van der Waals surface area contributed by atoms with Gasteiger partial charge in [-0.25, -0.2) is 9.18 Å². The van der Waals surface area contributed by atoms with Crippen LogP contribution >= 0.6 is 11.6 Å². The van der Waals surface area contributed by atoms with Gasteiger partial charge in [-0.2, -0.15) is 5.10 Å². The summed E-state index contributed by atoms with van der Waals surface area (Å²) in [5.41, 5.74) is 1.73. The maximum Gasteiger partial charge on any atom is 0.341 e. The van der Waals surface area contributed by atoms with Gasteiger partial charge in [-0.15, -0.1) is 0 Å². The van der Waals surface area contributed by atoms with Gasteiger partial charge >= 0.3 is 5.97 Å². The first-order valence-electron chi connectivity index (χ1n) is 6.39. The molecular weight excluding hydrogens is 297 g/mol. The molecule has 0 unspecified atom stereocenters. The summed E-state index contributed by atoms with van der Waals surface area (Å²) >= 11 is 5.72. The van der Waals surface area contributed by atoms with Crippen molar-refractivity contribution in [1.29, 1.82) is 0 Å². The van der Waals surface area contributed by atoms with Crippen LogP contribution in [0.3, 0.4) is 0 Å². The minimum Gasteiger partial charge on any atom is -0.462 e. The first kappa shape index (κ1) is 15.3. The zero-order valence-electron chi connectivity index (χ0n) is 11.7. The molecule has 1 aromatic carbocycles. The summed E-state index contributed by atoms with van der Waals surface area (Å²) in [6, 6.07) is 4.33. The predicted molar refractivity (Wildman–Crippen MR) is 77.9 cm³/mol. The molecule has 0 atom stereocenters. The average Bonchev–Trinajstić information content (AvgIpc) is 2.82. The number of nitrogens with one attached hydrogen (secondary N) is 1. The number of anilines is 1. The fraction of sp³-hybridized carbons (Fsp3) is 0.286. The van der Waals surface area contributed by atoms with Crippen LogP contribution in [0.5, 0.6) is 0 Å². The highest BCUT2D eigenvalue weighted by Gasteiger charge is 2.16. The minimum absolute atomic E-state index is 0.0376. The number of ether oxygens (including phenoxy) is 1. The number of hydrogen-bond donors (Lipinski definition) is 1. The predicted octanol–water partition coefficient (Wildman–Crippen LogP) is 3.00. The normalized spacial score (nSPS) is 10.5. The molecule has 1 N–H and O–H groups in total. The van der Waals surface area contributed by atoms with Gasteiger partial charge in [0, 0.05) is 12.7 Å². The molecular formula is C14H15ClFN3O2. The maximum atomic E-state index is 13.1. The van der Waals surface area contributed by atoms with E-state index in [4.69, 9.17) is 16.3 Å². The molecule has 0 aliphatic carbocycles. The second-order valence-corrected chi connectivity index (χ2v) is 4.74. The molecule has 1 aromatic heterocycles. The zero-order valence-corrected chi connectivity index (χ0v) is 12.4. The molecule has 2 rings (SSSR count). The molecule has 1 heterocycles. The third-order valence-electron chi connectivity index (χ3n) is 2.94. The van der Waals surface area contributed by atoms with Crippen LogP contribution < -0.4 is 5.32 Å². The molecule has 5 nitrogen and oxygen atoms in total. The standard InChI is InChI=1S/C14H15ClFN3O2/c1-3-21-14(20)10-7-18-19(2)13(10)8-17-9-4-5-12(16)11(15)6-9/h4-7,17H,3,8H2,1-2H3. The highest BCUT2D eigenvalue weighted by Crippen LogP contribution is 2.20. The Hall–Kier alpha value is -2.08. The van der Waals surface area contributed by atoms with Crippen molar-refractivity contribution in [1.82, 2.24) is 9.78 Å². The lowest BCUT2D eigenvalue weighted by molar-refractivity contribution is 0.0525. The van der Waals surface area contributed by atoms with Crippen molar-refractivity contribution in [2.24, 2.45) is 7.05 Å². The molecule has 0 spiro atoms. The van der Waals surface area contributed by atoms with Crippen LogP contribution in [0.25, 0.3) is 0 Å². The summed E-state index contributed by atoms with van der Waals surface area (Å²) < 4.78 is 19.7. The Balaban J connectivity index is 2.14. The van der Waals surface area contributed by atoms with Gasteiger partial charge in [-0.05, 0) is 25.1 Å². The summed E-state index contributed by atoms with van der Waals surface area (Å²) in [5.74, 6) is -0.894. The lowest BCUT2D eigenvalue weighted by Gasteiger charge is -2.09. The van der Waals surface area contributed by atoms with Crippen molar-refractivity contribution in [2.75, 3.05) is 11.9 Å². The monoisotopic (exact) mass is 311 g/mol. The van der Waals surface area contributed by atoms with Gasteiger partial charge in [-0.3, -0.25) is 4.68 Å².